The van der Waals surface area contributed by atoms with Gasteiger partial charge in [0, 0.05) is 6.07 Å². The smallest absolute Gasteiger partial charge is 0.240 e. The molecule has 0 radical (unpaired) electrons. The number of nitrogens with one attached hydrogen (secondary N) is 1. The number of carbonyl (C=O) groups is 1. The number of amides is 1. The number of alkyl halides is 1. The summed E-state index contributed by atoms with van der Waals surface area (Å²) in [6.45, 7) is 0.617. The fraction of sp³-hybridized carbons (Fsp3) is 0.167. The van der Waals surface area contributed by atoms with Crippen molar-refractivity contribution in [3.63, 3.8) is 0 Å². The van der Waals surface area contributed by atoms with Gasteiger partial charge in [0.25, 0.3) is 0 Å². The molecule has 0 unspecified atom stereocenters. The highest BCUT2D eigenvalue weighted by molar-refractivity contribution is 6.29. The Labute approximate surface area is 104 Å². The summed E-state index contributed by atoms with van der Waals surface area (Å²) in [6.07, 6.45) is 1.65. The number of carbonyl (C=O) groups excluding carboxylic acids is 1. The monoisotopic (exact) mass is 249 g/mol. The molecule has 1 aromatic heterocycles. The Bertz CT molecular complexity index is 495. The predicted octanol–water partition coefficient (Wildman–Crippen LogP) is 2.11. The lowest BCUT2D eigenvalue weighted by Crippen LogP contribution is -2.16. The lowest BCUT2D eigenvalue weighted by atomic mass is 10.2. The fourth-order valence-electron chi connectivity index (χ4n) is 1.50. The summed E-state index contributed by atoms with van der Waals surface area (Å²) in [5.74, 6) is 0.359. The molecule has 0 fully saturated rings. The van der Waals surface area contributed by atoms with Gasteiger partial charge in [-0.15, -0.1) is 11.6 Å². The number of anilines is 1. The average Bonchev–Trinajstić information content (AvgIpc) is 2.78. The lowest BCUT2D eigenvalue weighted by molar-refractivity contribution is -0.114. The summed E-state index contributed by atoms with van der Waals surface area (Å²) in [5.41, 5.74) is 1.12. The van der Waals surface area contributed by atoms with Crippen LogP contribution in [-0.2, 0) is 11.3 Å². The van der Waals surface area contributed by atoms with Crippen molar-refractivity contribution < 1.29 is 4.79 Å². The van der Waals surface area contributed by atoms with Crippen molar-refractivity contribution >= 4 is 23.3 Å². The van der Waals surface area contributed by atoms with E-state index < -0.39 is 0 Å². The quantitative estimate of drug-likeness (QED) is 0.844. The highest BCUT2D eigenvalue weighted by Gasteiger charge is 2.06. The third-order valence-corrected chi connectivity index (χ3v) is 2.52. The van der Waals surface area contributed by atoms with Crippen LogP contribution in [0.3, 0.4) is 0 Å². The van der Waals surface area contributed by atoms with Gasteiger partial charge < -0.3 is 5.32 Å². The molecule has 0 aliphatic carbocycles. The predicted molar refractivity (Wildman–Crippen MR) is 67.1 cm³/mol. The normalized spacial score (nSPS) is 10.2. The van der Waals surface area contributed by atoms with Gasteiger partial charge in [0.1, 0.15) is 11.7 Å². The molecule has 1 amide bonds. The molecule has 17 heavy (non-hydrogen) atoms. The van der Waals surface area contributed by atoms with Crippen LogP contribution in [0.15, 0.2) is 42.6 Å². The SMILES string of the molecule is O=C(CCl)Nc1ccnn1Cc1ccccc1. The second-order valence-corrected chi connectivity index (χ2v) is 3.81. The zero-order valence-corrected chi connectivity index (χ0v) is 9.89. The van der Waals surface area contributed by atoms with E-state index in [2.05, 4.69) is 10.4 Å². The molecular weight excluding hydrogens is 238 g/mol. The van der Waals surface area contributed by atoms with Crippen LogP contribution < -0.4 is 5.32 Å². The first-order chi connectivity index (χ1) is 8.29. The molecule has 0 saturated carbocycles. The third kappa shape index (κ3) is 3.07. The summed E-state index contributed by atoms with van der Waals surface area (Å²) in [7, 11) is 0. The van der Waals surface area contributed by atoms with Gasteiger partial charge in [-0.05, 0) is 5.56 Å². The molecule has 0 bridgehead atoms. The molecule has 0 saturated heterocycles. The Kier molecular flexibility index (Phi) is 3.77. The van der Waals surface area contributed by atoms with E-state index >= 15 is 0 Å². The van der Waals surface area contributed by atoms with Crippen LogP contribution in [0.5, 0.6) is 0 Å². The first-order valence-corrected chi connectivity index (χ1v) is 5.74. The van der Waals surface area contributed by atoms with Crippen LogP contribution in [0.25, 0.3) is 0 Å². The molecule has 0 spiro atoms. The maximum absolute atomic E-state index is 11.2. The molecule has 2 aromatic rings. The summed E-state index contributed by atoms with van der Waals surface area (Å²) in [4.78, 5) is 11.2. The Morgan fingerprint density at radius 2 is 2.06 bits per heavy atom. The second-order valence-electron chi connectivity index (χ2n) is 3.54. The molecule has 1 heterocycles. The molecule has 1 aromatic carbocycles. The van der Waals surface area contributed by atoms with Gasteiger partial charge in [-0.2, -0.15) is 5.10 Å². The van der Waals surface area contributed by atoms with Crippen molar-refractivity contribution in [3.8, 4) is 0 Å². The van der Waals surface area contributed by atoms with E-state index in [4.69, 9.17) is 11.6 Å². The zero-order chi connectivity index (χ0) is 12.1. The summed E-state index contributed by atoms with van der Waals surface area (Å²) in [6, 6.07) is 11.7. The first-order valence-electron chi connectivity index (χ1n) is 5.21. The van der Waals surface area contributed by atoms with Crippen molar-refractivity contribution in [2.75, 3.05) is 11.2 Å². The minimum absolute atomic E-state index is 0.0590. The van der Waals surface area contributed by atoms with Gasteiger partial charge in [-0.1, -0.05) is 30.3 Å². The Morgan fingerprint density at radius 3 is 2.76 bits per heavy atom. The van der Waals surface area contributed by atoms with Crippen LogP contribution in [0.2, 0.25) is 0 Å². The van der Waals surface area contributed by atoms with Crippen molar-refractivity contribution in [1.82, 2.24) is 9.78 Å². The van der Waals surface area contributed by atoms with Gasteiger partial charge in [0.2, 0.25) is 5.91 Å². The fourth-order valence-corrected chi connectivity index (χ4v) is 1.56. The standard InChI is InChI=1S/C12H12ClN3O/c13-8-12(17)15-11-6-7-14-16(11)9-10-4-2-1-3-5-10/h1-7H,8-9H2,(H,15,17). The number of aromatic nitrogens is 2. The molecular formula is C12H12ClN3O. The van der Waals surface area contributed by atoms with Gasteiger partial charge in [0.05, 0.1) is 12.7 Å². The van der Waals surface area contributed by atoms with E-state index in [1.807, 2.05) is 30.3 Å². The molecule has 5 heteroatoms. The Balaban J connectivity index is 2.12. The summed E-state index contributed by atoms with van der Waals surface area (Å²) in [5, 5.41) is 6.85. The highest BCUT2D eigenvalue weighted by atomic mass is 35.5. The minimum Gasteiger partial charge on any atom is -0.310 e. The van der Waals surface area contributed by atoms with E-state index in [0.717, 1.165) is 5.56 Å². The number of hydrogen-bond acceptors (Lipinski definition) is 2. The third-order valence-electron chi connectivity index (χ3n) is 2.28. The number of hydrogen-bond donors (Lipinski definition) is 1. The molecule has 1 N–H and O–H groups in total. The molecule has 4 nitrogen and oxygen atoms in total. The summed E-state index contributed by atoms with van der Waals surface area (Å²) < 4.78 is 1.72. The van der Waals surface area contributed by atoms with Crippen molar-refractivity contribution in [3.05, 3.63) is 48.2 Å². The van der Waals surface area contributed by atoms with Crippen molar-refractivity contribution in [2.45, 2.75) is 6.54 Å². The van der Waals surface area contributed by atoms with Gasteiger partial charge in [-0.25, -0.2) is 4.68 Å². The number of halogens is 1. The highest BCUT2D eigenvalue weighted by Crippen LogP contribution is 2.09. The number of nitrogens with zero attached hydrogens (tertiary/aromatic N) is 2. The average molecular weight is 250 g/mol. The molecule has 88 valence electrons. The van der Waals surface area contributed by atoms with E-state index in [-0.39, 0.29) is 11.8 Å². The molecule has 0 aliphatic heterocycles. The molecule has 0 atom stereocenters. The lowest BCUT2D eigenvalue weighted by Gasteiger charge is -2.07. The van der Waals surface area contributed by atoms with E-state index in [1.54, 1.807) is 16.9 Å². The zero-order valence-electron chi connectivity index (χ0n) is 9.14. The van der Waals surface area contributed by atoms with Crippen molar-refractivity contribution in [1.29, 1.82) is 0 Å². The van der Waals surface area contributed by atoms with Crippen molar-refractivity contribution in [2.24, 2.45) is 0 Å². The van der Waals surface area contributed by atoms with Gasteiger partial charge in [-0.3, -0.25) is 4.79 Å². The molecule has 2 rings (SSSR count). The Hall–Kier alpha value is -1.81. The van der Waals surface area contributed by atoms with E-state index in [9.17, 15) is 4.79 Å². The number of benzene rings is 1. The second kappa shape index (κ2) is 5.50. The Morgan fingerprint density at radius 1 is 1.29 bits per heavy atom. The summed E-state index contributed by atoms with van der Waals surface area (Å²) >= 11 is 5.44. The first kappa shape index (κ1) is 11.7. The molecule has 0 aliphatic rings. The largest absolute Gasteiger partial charge is 0.310 e. The maximum Gasteiger partial charge on any atom is 0.240 e. The van der Waals surface area contributed by atoms with Crippen LogP contribution >= 0.6 is 11.6 Å². The van der Waals surface area contributed by atoms with Crippen LogP contribution in [0.4, 0.5) is 5.82 Å². The van der Waals surface area contributed by atoms with Crippen LogP contribution in [0.1, 0.15) is 5.56 Å². The number of rotatable bonds is 4. The van der Waals surface area contributed by atoms with Gasteiger partial charge in [0.15, 0.2) is 0 Å². The topological polar surface area (TPSA) is 46.9 Å². The van der Waals surface area contributed by atoms with Gasteiger partial charge >= 0.3 is 0 Å². The van der Waals surface area contributed by atoms with E-state index in [0.29, 0.717) is 12.4 Å². The van der Waals surface area contributed by atoms with E-state index in [1.165, 1.54) is 0 Å². The maximum atomic E-state index is 11.2. The van der Waals surface area contributed by atoms with Crippen LogP contribution in [0, 0.1) is 0 Å². The van der Waals surface area contributed by atoms with Crippen LogP contribution in [-0.4, -0.2) is 21.6 Å². The minimum atomic E-state index is -0.235.